The number of piperidine rings is 1. The molecule has 0 aromatic heterocycles. The van der Waals surface area contributed by atoms with Gasteiger partial charge in [-0.25, -0.2) is 4.79 Å². The molecule has 6 nitrogen and oxygen atoms in total. The van der Waals surface area contributed by atoms with Crippen molar-refractivity contribution in [2.75, 3.05) is 26.2 Å². The summed E-state index contributed by atoms with van der Waals surface area (Å²) in [5.41, 5.74) is 0.664. The standard InChI is InChI=1S/C20H23F3N2O4/c21-20(22,23)29-16-5-1-4-14(9-16)19-6-7-25(12-15(19)10-19)17(26)13-3-2-8-28-18(27)24-11-13/h1,4-5,9,13,15H,2-3,6-8,10-12H2,(H,24,27)/t13-,15-,19-/m1/s1. The number of hydrogen-bond donors (Lipinski definition) is 1. The number of nitrogens with one attached hydrogen (secondary N) is 1. The zero-order valence-electron chi connectivity index (χ0n) is 15.8. The molecule has 2 saturated heterocycles. The molecular formula is C20H23F3N2O4. The number of cyclic esters (lactones) is 1. The summed E-state index contributed by atoms with van der Waals surface area (Å²) in [6, 6.07) is 6.19. The molecule has 1 N–H and O–H groups in total. The molecular weight excluding hydrogens is 389 g/mol. The van der Waals surface area contributed by atoms with Gasteiger partial charge >= 0.3 is 12.5 Å². The minimum atomic E-state index is -4.72. The number of ether oxygens (including phenoxy) is 2. The summed E-state index contributed by atoms with van der Waals surface area (Å²) < 4.78 is 46.5. The Morgan fingerprint density at radius 2 is 2.17 bits per heavy atom. The zero-order chi connectivity index (χ0) is 20.6. The first-order chi connectivity index (χ1) is 13.8. The second-order valence-electron chi connectivity index (χ2n) is 8.02. The Kier molecular flexibility index (Phi) is 5.08. The van der Waals surface area contributed by atoms with E-state index in [1.165, 1.54) is 12.1 Å². The number of halogens is 3. The van der Waals surface area contributed by atoms with Gasteiger partial charge in [-0.3, -0.25) is 4.79 Å². The third-order valence-corrected chi connectivity index (χ3v) is 6.23. The van der Waals surface area contributed by atoms with Crippen LogP contribution in [-0.2, 0) is 14.9 Å². The maximum Gasteiger partial charge on any atom is 0.573 e. The number of rotatable bonds is 3. The van der Waals surface area contributed by atoms with Crippen LogP contribution in [0.3, 0.4) is 0 Å². The van der Waals surface area contributed by atoms with Gasteiger partial charge in [-0.1, -0.05) is 12.1 Å². The van der Waals surface area contributed by atoms with Crippen molar-refractivity contribution < 1.29 is 32.2 Å². The van der Waals surface area contributed by atoms with E-state index in [-0.39, 0.29) is 35.5 Å². The molecule has 29 heavy (non-hydrogen) atoms. The second-order valence-corrected chi connectivity index (χ2v) is 8.02. The number of amides is 2. The molecule has 2 amide bonds. The number of alkyl halides is 3. The van der Waals surface area contributed by atoms with Crippen molar-refractivity contribution in [1.82, 2.24) is 10.2 Å². The molecule has 1 saturated carbocycles. The molecule has 9 heteroatoms. The van der Waals surface area contributed by atoms with Crippen molar-refractivity contribution in [2.24, 2.45) is 11.8 Å². The zero-order valence-corrected chi connectivity index (χ0v) is 15.8. The molecule has 0 unspecified atom stereocenters. The summed E-state index contributed by atoms with van der Waals surface area (Å²) in [6.45, 7) is 1.71. The van der Waals surface area contributed by atoms with E-state index in [1.807, 2.05) is 11.0 Å². The Bertz CT molecular complexity index is 800. The van der Waals surface area contributed by atoms with Gasteiger partial charge < -0.3 is 19.7 Å². The lowest BCUT2D eigenvalue weighted by atomic mass is 9.86. The van der Waals surface area contributed by atoms with E-state index in [2.05, 4.69) is 10.1 Å². The van der Waals surface area contributed by atoms with E-state index in [0.29, 0.717) is 39.0 Å². The largest absolute Gasteiger partial charge is 0.573 e. The predicted molar refractivity (Wildman–Crippen MR) is 96.2 cm³/mol. The van der Waals surface area contributed by atoms with Crippen LogP contribution in [-0.4, -0.2) is 49.5 Å². The summed E-state index contributed by atoms with van der Waals surface area (Å²) >= 11 is 0. The van der Waals surface area contributed by atoms with E-state index in [0.717, 1.165) is 12.0 Å². The lowest BCUT2D eigenvalue weighted by Gasteiger charge is -2.34. The monoisotopic (exact) mass is 412 g/mol. The number of nitrogens with zero attached hydrogens (tertiary/aromatic N) is 1. The highest BCUT2D eigenvalue weighted by Crippen LogP contribution is 2.59. The van der Waals surface area contributed by atoms with Gasteiger partial charge in [-0.2, -0.15) is 0 Å². The minimum absolute atomic E-state index is 0.0295. The quantitative estimate of drug-likeness (QED) is 0.828. The number of hydrogen-bond acceptors (Lipinski definition) is 4. The first-order valence-electron chi connectivity index (χ1n) is 9.82. The van der Waals surface area contributed by atoms with Crippen LogP contribution < -0.4 is 10.1 Å². The summed E-state index contributed by atoms with van der Waals surface area (Å²) in [5.74, 6) is -0.215. The highest BCUT2D eigenvalue weighted by atomic mass is 19.4. The molecule has 2 aliphatic heterocycles. The van der Waals surface area contributed by atoms with Gasteiger partial charge in [0, 0.05) is 25.0 Å². The summed E-state index contributed by atoms with van der Waals surface area (Å²) in [7, 11) is 0. The van der Waals surface area contributed by atoms with Crippen LogP contribution in [0.2, 0.25) is 0 Å². The van der Waals surface area contributed by atoms with Crippen LogP contribution in [0.5, 0.6) is 5.75 Å². The normalized spacial score (nSPS) is 29.6. The summed E-state index contributed by atoms with van der Waals surface area (Å²) in [5, 5.41) is 2.62. The van der Waals surface area contributed by atoms with Crippen LogP contribution in [0, 0.1) is 11.8 Å². The third-order valence-electron chi connectivity index (χ3n) is 6.23. The fourth-order valence-corrected chi connectivity index (χ4v) is 4.64. The van der Waals surface area contributed by atoms with Crippen LogP contribution in [0.4, 0.5) is 18.0 Å². The number of likely N-dealkylation sites (tertiary alicyclic amines) is 1. The van der Waals surface area contributed by atoms with Gasteiger partial charge in [0.2, 0.25) is 5.91 Å². The van der Waals surface area contributed by atoms with Crippen LogP contribution in [0.15, 0.2) is 24.3 Å². The number of carbonyl (C=O) groups is 2. The maximum atomic E-state index is 12.9. The minimum Gasteiger partial charge on any atom is -0.450 e. The Morgan fingerprint density at radius 1 is 1.34 bits per heavy atom. The molecule has 0 bridgehead atoms. The van der Waals surface area contributed by atoms with Crippen molar-refractivity contribution in [3.8, 4) is 5.75 Å². The molecule has 0 spiro atoms. The Labute approximate surface area is 166 Å². The Morgan fingerprint density at radius 3 is 2.93 bits per heavy atom. The van der Waals surface area contributed by atoms with Gasteiger partial charge in [0.1, 0.15) is 5.75 Å². The van der Waals surface area contributed by atoms with E-state index in [9.17, 15) is 22.8 Å². The lowest BCUT2D eigenvalue weighted by Crippen LogP contribution is -2.46. The van der Waals surface area contributed by atoms with Crippen molar-refractivity contribution in [3.05, 3.63) is 29.8 Å². The van der Waals surface area contributed by atoms with Crippen LogP contribution in [0.1, 0.15) is 31.2 Å². The lowest BCUT2D eigenvalue weighted by molar-refractivity contribution is -0.274. The van der Waals surface area contributed by atoms with Crippen LogP contribution >= 0.6 is 0 Å². The Balaban J connectivity index is 1.40. The smallest absolute Gasteiger partial charge is 0.450 e. The van der Waals surface area contributed by atoms with E-state index in [1.54, 1.807) is 6.07 Å². The van der Waals surface area contributed by atoms with Crippen molar-refractivity contribution in [1.29, 1.82) is 0 Å². The first kappa shape index (κ1) is 19.8. The third kappa shape index (κ3) is 4.28. The maximum absolute atomic E-state index is 12.9. The van der Waals surface area contributed by atoms with Crippen molar-refractivity contribution in [2.45, 2.75) is 37.5 Å². The highest BCUT2D eigenvalue weighted by Gasteiger charge is 2.58. The predicted octanol–water partition coefficient (Wildman–Crippen LogP) is 3.21. The van der Waals surface area contributed by atoms with E-state index >= 15 is 0 Å². The SMILES string of the molecule is O=C1NC[C@H](C(=O)N2CC[C@]3(c4cccc(OC(F)(F)F)c4)C[C@@H]3C2)CCCO1. The Hall–Kier alpha value is -2.45. The van der Waals surface area contributed by atoms with Gasteiger partial charge in [0.05, 0.1) is 12.5 Å². The number of benzene rings is 1. The molecule has 3 fully saturated rings. The van der Waals surface area contributed by atoms with Crippen molar-refractivity contribution >= 4 is 12.0 Å². The fourth-order valence-electron chi connectivity index (χ4n) is 4.64. The first-order valence-corrected chi connectivity index (χ1v) is 9.82. The molecule has 2 heterocycles. The molecule has 1 aromatic rings. The molecule has 3 aliphatic rings. The van der Waals surface area contributed by atoms with Gasteiger partial charge in [-0.05, 0) is 49.3 Å². The molecule has 0 radical (unpaired) electrons. The summed E-state index contributed by atoms with van der Waals surface area (Å²) in [6.07, 6.45) is -2.35. The van der Waals surface area contributed by atoms with Gasteiger partial charge in [0.15, 0.2) is 0 Å². The molecule has 1 aliphatic carbocycles. The second kappa shape index (κ2) is 7.42. The van der Waals surface area contributed by atoms with Gasteiger partial charge in [-0.15, -0.1) is 13.2 Å². The molecule has 1 aromatic carbocycles. The fraction of sp³-hybridized carbons (Fsp3) is 0.600. The van der Waals surface area contributed by atoms with Crippen LogP contribution in [0.25, 0.3) is 0 Å². The average molecular weight is 412 g/mol. The molecule has 158 valence electrons. The number of fused-ring (bicyclic) bond motifs is 1. The van der Waals surface area contributed by atoms with E-state index < -0.39 is 12.5 Å². The number of carbonyl (C=O) groups excluding carboxylic acids is 2. The van der Waals surface area contributed by atoms with Crippen molar-refractivity contribution in [3.63, 3.8) is 0 Å². The van der Waals surface area contributed by atoms with Gasteiger partial charge in [0.25, 0.3) is 0 Å². The molecule has 3 atom stereocenters. The summed E-state index contributed by atoms with van der Waals surface area (Å²) in [4.78, 5) is 26.2. The van der Waals surface area contributed by atoms with E-state index in [4.69, 9.17) is 4.74 Å². The molecule has 4 rings (SSSR count). The average Bonchev–Trinajstić information content (AvgIpc) is 3.38. The number of alkyl carbamates (subject to hydrolysis) is 1. The highest BCUT2D eigenvalue weighted by molar-refractivity contribution is 5.80. The topological polar surface area (TPSA) is 67.9 Å².